The van der Waals surface area contributed by atoms with Crippen LogP contribution in [0, 0.1) is 11.7 Å². The summed E-state index contributed by atoms with van der Waals surface area (Å²) in [5.41, 5.74) is 5.90. The fourth-order valence-corrected chi connectivity index (χ4v) is 3.60. The molecule has 0 aliphatic carbocycles. The van der Waals surface area contributed by atoms with Crippen LogP contribution in [-0.2, 0) is 21.3 Å². The van der Waals surface area contributed by atoms with E-state index in [9.17, 15) is 12.8 Å². The molecule has 112 valence electrons. The smallest absolute Gasteiger partial charge is 0.241 e. The largest absolute Gasteiger partial charge is 0.381 e. The first-order valence-electron chi connectivity index (χ1n) is 6.59. The second-order valence-corrected chi connectivity index (χ2v) is 6.63. The number of nitrogens with one attached hydrogen (secondary N) is 1. The van der Waals surface area contributed by atoms with Crippen molar-refractivity contribution in [3.8, 4) is 0 Å². The van der Waals surface area contributed by atoms with Crippen molar-refractivity contribution < 1.29 is 17.5 Å². The first kappa shape index (κ1) is 15.4. The highest BCUT2D eigenvalue weighted by atomic mass is 32.2. The van der Waals surface area contributed by atoms with Gasteiger partial charge in [0.05, 0.1) is 11.5 Å². The van der Waals surface area contributed by atoms with Crippen LogP contribution in [0.15, 0.2) is 23.1 Å². The maximum atomic E-state index is 13.3. The maximum Gasteiger partial charge on any atom is 0.241 e. The number of rotatable bonds is 5. The van der Waals surface area contributed by atoms with Gasteiger partial charge in [-0.2, -0.15) is 0 Å². The number of hydrogen-bond acceptors (Lipinski definition) is 4. The van der Waals surface area contributed by atoms with Gasteiger partial charge in [0.2, 0.25) is 10.0 Å². The third-order valence-corrected chi connectivity index (χ3v) is 4.86. The number of nitrogens with two attached hydrogens (primary N) is 1. The second kappa shape index (κ2) is 6.62. The van der Waals surface area contributed by atoms with Gasteiger partial charge < -0.3 is 10.5 Å². The van der Waals surface area contributed by atoms with E-state index in [4.69, 9.17) is 10.5 Å². The van der Waals surface area contributed by atoms with E-state index in [0.29, 0.717) is 18.7 Å². The number of benzene rings is 1. The van der Waals surface area contributed by atoms with E-state index >= 15 is 0 Å². The summed E-state index contributed by atoms with van der Waals surface area (Å²) in [5.74, 6) is -0.433. The van der Waals surface area contributed by atoms with Crippen LogP contribution in [0.1, 0.15) is 18.4 Å². The first-order chi connectivity index (χ1) is 9.53. The Bertz CT molecular complexity index is 557. The van der Waals surface area contributed by atoms with Crippen molar-refractivity contribution in [3.05, 3.63) is 29.6 Å². The van der Waals surface area contributed by atoms with Crippen LogP contribution in [0.2, 0.25) is 0 Å². The zero-order chi connectivity index (χ0) is 14.6. The van der Waals surface area contributed by atoms with Gasteiger partial charge in [-0.1, -0.05) is 6.07 Å². The van der Waals surface area contributed by atoms with E-state index < -0.39 is 15.8 Å². The van der Waals surface area contributed by atoms with Crippen LogP contribution in [0.4, 0.5) is 4.39 Å². The Morgan fingerprint density at radius 2 is 2.25 bits per heavy atom. The van der Waals surface area contributed by atoms with E-state index in [0.717, 1.165) is 25.5 Å². The van der Waals surface area contributed by atoms with E-state index in [1.165, 1.54) is 12.1 Å². The number of sulfonamides is 1. The lowest BCUT2D eigenvalue weighted by molar-refractivity contribution is 0.0568. The van der Waals surface area contributed by atoms with Crippen LogP contribution in [0.3, 0.4) is 0 Å². The summed E-state index contributed by atoms with van der Waals surface area (Å²) in [4.78, 5) is -0.0864. The lowest BCUT2D eigenvalue weighted by Gasteiger charge is -2.22. The Balaban J connectivity index is 2.11. The lowest BCUT2D eigenvalue weighted by Crippen LogP contribution is -2.33. The standard InChI is InChI=1S/C13H19FN2O3S/c14-12-4-3-11(7-15)13(6-12)20(17,18)16-8-10-2-1-5-19-9-10/h3-4,6,10,16H,1-2,5,7-9,15H2. The normalized spacial score (nSPS) is 20.0. The molecule has 3 N–H and O–H groups in total. The van der Waals surface area contributed by atoms with Gasteiger partial charge in [0.1, 0.15) is 5.82 Å². The summed E-state index contributed by atoms with van der Waals surface area (Å²) in [7, 11) is -3.75. The van der Waals surface area contributed by atoms with Crippen molar-refractivity contribution in [1.29, 1.82) is 0 Å². The zero-order valence-corrected chi connectivity index (χ0v) is 12.0. The van der Waals surface area contributed by atoms with Gasteiger partial charge in [0.25, 0.3) is 0 Å². The summed E-state index contributed by atoms with van der Waals surface area (Å²) >= 11 is 0. The summed E-state index contributed by atoms with van der Waals surface area (Å²) in [5, 5.41) is 0. The predicted octanol–water partition coefficient (Wildman–Crippen LogP) is 0.989. The van der Waals surface area contributed by atoms with Crippen LogP contribution in [0.25, 0.3) is 0 Å². The third-order valence-electron chi connectivity index (χ3n) is 3.36. The Hall–Kier alpha value is -1.02. The molecule has 1 atom stereocenters. The molecular weight excluding hydrogens is 283 g/mol. The molecule has 1 aromatic carbocycles. The average molecular weight is 302 g/mol. The molecule has 1 unspecified atom stereocenters. The van der Waals surface area contributed by atoms with Crippen molar-refractivity contribution >= 4 is 10.0 Å². The number of halogens is 1. The molecule has 1 fully saturated rings. The highest BCUT2D eigenvalue weighted by molar-refractivity contribution is 7.89. The summed E-state index contributed by atoms with van der Waals surface area (Å²) < 4.78 is 45.5. The minimum Gasteiger partial charge on any atom is -0.381 e. The Morgan fingerprint density at radius 3 is 2.90 bits per heavy atom. The SMILES string of the molecule is NCc1ccc(F)cc1S(=O)(=O)NCC1CCCOC1. The van der Waals surface area contributed by atoms with Gasteiger partial charge in [-0.3, -0.25) is 0 Å². The molecule has 1 aliphatic heterocycles. The molecule has 1 saturated heterocycles. The van der Waals surface area contributed by atoms with Gasteiger partial charge in [0.15, 0.2) is 0 Å². The fraction of sp³-hybridized carbons (Fsp3) is 0.538. The lowest BCUT2D eigenvalue weighted by atomic mass is 10.0. The minimum absolute atomic E-state index is 0.0447. The van der Waals surface area contributed by atoms with Gasteiger partial charge in [-0.15, -0.1) is 0 Å². The monoisotopic (exact) mass is 302 g/mol. The van der Waals surface area contributed by atoms with Gasteiger partial charge in [-0.05, 0) is 36.5 Å². The minimum atomic E-state index is -3.75. The highest BCUT2D eigenvalue weighted by Gasteiger charge is 2.21. The topological polar surface area (TPSA) is 81.4 Å². The molecule has 0 saturated carbocycles. The average Bonchev–Trinajstić information content (AvgIpc) is 2.46. The molecule has 5 nitrogen and oxygen atoms in total. The molecule has 0 bridgehead atoms. The second-order valence-electron chi connectivity index (χ2n) is 4.89. The summed E-state index contributed by atoms with van der Waals surface area (Å²) in [6, 6.07) is 3.60. The Labute approximate surface area is 118 Å². The molecular formula is C13H19FN2O3S. The third kappa shape index (κ3) is 3.76. The molecule has 0 radical (unpaired) electrons. The summed E-state index contributed by atoms with van der Waals surface area (Å²) in [6.07, 6.45) is 1.86. The van der Waals surface area contributed by atoms with Crippen LogP contribution < -0.4 is 10.5 Å². The van der Waals surface area contributed by atoms with Crippen LogP contribution in [-0.4, -0.2) is 28.2 Å². The van der Waals surface area contributed by atoms with E-state index in [-0.39, 0.29) is 17.4 Å². The van der Waals surface area contributed by atoms with E-state index in [1.54, 1.807) is 0 Å². The zero-order valence-electron chi connectivity index (χ0n) is 11.1. The van der Waals surface area contributed by atoms with Crippen LogP contribution >= 0.6 is 0 Å². The molecule has 2 rings (SSSR count). The van der Waals surface area contributed by atoms with Crippen molar-refractivity contribution in [1.82, 2.24) is 4.72 Å². The Kier molecular flexibility index (Phi) is 5.09. The van der Waals surface area contributed by atoms with Gasteiger partial charge >= 0.3 is 0 Å². The highest BCUT2D eigenvalue weighted by Crippen LogP contribution is 2.18. The summed E-state index contributed by atoms with van der Waals surface area (Å²) in [6.45, 7) is 1.62. The first-order valence-corrected chi connectivity index (χ1v) is 8.07. The molecule has 20 heavy (non-hydrogen) atoms. The van der Waals surface area contributed by atoms with Crippen molar-refractivity contribution in [2.75, 3.05) is 19.8 Å². The fourth-order valence-electron chi connectivity index (χ4n) is 2.22. The Morgan fingerprint density at radius 1 is 1.45 bits per heavy atom. The van der Waals surface area contributed by atoms with E-state index in [2.05, 4.69) is 4.72 Å². The van der Waals surface area contributed by atoms with E-state index in [1.807, 2.05) is 0 Å². The van der Waals surface area contributed by atoms with Gasteiger partial charge in [0, 0.05) is 19.7 Å². The molecule has 7 heteroatoms. The van der Waals surface area contributed by atoms with Crippen molar-refractivity contribution in [2.45, 2.75) is 24.3 Å². The van der Waals surface area contributed by atoms with Gasteiger partial charge in [-0.25, -0.2) is 17.5 Å². The molecule has 0 spiro atoms. The number of ether oxygens (including phenoxy) is 1. The molecule has 1 aromatic rings. The van der Waals surface area contributed by atoms with Crippen LogP contribution in [0.5, 0.6) is 0 Å². The number of hydrogen-bond donors (Lipinski definition) is 2. The maximum absolute atomic E-state index is 13.3. The quantitative estimate of drug-likeness (QED) is 0.850. The molecule has 1 heterocycles. The molecule has 0 aromatic heterocycles. The molecule has 1 aliphatic rings. The van der Waals surface area contributed by atoms with Crippen molar-refractivity contribution in [2.24, 2.45) is 11.7 Å². The van der Waals surface area contributed by atoms with Crippen molar-refractivity contribution in [3.63, 3.8) is 0 Å². The predicted molar refractivity (Wildman–Crippen MR) is 73.0 cm³/mol. The molecule has 0 amide bonds.